The van der Waals surface area contributed by atoms with Gasteiger partial charge in [0.05, 0.1) is 22.2 Å². The number of rotatable bonds is 3. The normalized spacial score (nSPS) is 13.2. The van der Waals surface area contributed by atoms with E-state index in [1.165, 1.54) is 18.2 Å². The minimum atomic E-state index is -3.77. The average Bonchev–Trinajstić information content (AvgIpc) is 2.54. The summed E-state index contributed by atoms with van der Waals surface area (Å²) in [5.74, 6) is 0.927. The highest BCUT2D eigenvalue weighted by molar-refractivity contribution is 7.92. The zero-order valence-corrected chi connectivity index (χ0v) is 12.3. The number of ether oxygens (including phenoxy) is 2. The van der Waals surface area contributed by atoms with Gasteiger partial charge < -0.3 is 9.47 Å². The predicted molar refractivity (Wildman–Crippen MR) is 79.4 cm³/mol. The molecular formula is C15H12N2O4S. The molecule has 2 aromatic carbocycles. The highest BCUT2D eigenvalue weighted by atomic mass is 32.2. The van der Waals surface area contributed by atoms with Crippen molar-refractivity contribution in [1.82, 2.24) is 0 Å². The van der Waals surface area contributed by atoms with Crippen molar-refractivity contribution in [2.75, 3.05) is 17.9 Å². The van der Waals surface area contributed by atoms with Gasteiger partial charge in [-0.05, 0) is 30.3 Å². The summed E-state index contributed by atoms with van der Waals surface area (Å²) in [6, 6.07) is 12.7. The van der Waals surface area contributed by atoms with Crippen LogP contribution in [0.3, 0.4) is 0 Å². The number of nitrogens with one attached hydrogen (secondary N) is 1. The first-order valence-electron chi connectivity index (χ1n) is 6.51. The number of nitriles is 1. The van der Waals surface area contributed by atoms with Crippen molar-refractivity contribution in [2.24, 2.45) is 0 Å². The van der Waals surface area contributed by atoms with Gasteiger partial charge >= 0.3 is 0 Å². The molecule has 1 aliphatic heterocycles. The minimum absolute atomic E-state index is 0.0686. The Labute approximate surface area is 128 Å². The Morgan fingerprint density at radius 3 is 2.59 bits per heavy atom. The lowest BCUT2D eigenvalue weighted by Crippen LogP contribution is -2.17. The molecule has 1 heterocycles. The maximum absolute atomic E-state index is 12.4. The first kappa shape index (κ1) is 14.2. The summed E-state index contributed by atoms with van der Waals surface area (Å²) in [4.78, 5) is 0.0686. The summed E-state index contributed by atoms with van der Waals surface area (Å²) in [6.07, 6.45) is 0. The molecule has 1 N–H and O–H groups in total. The maximum Gasteiger partial charge on any atom is 0.262 e. The molecule has 7 heteroatoms. The Balaban J connectivity index is 1.91. The summed E-state index contributed by atoms with van der Waals surface area (Å²) in [5.41, 5.74) is 0.705. The van der Waals surface area contributed by atoms with Gasteiger partial charge in [-0.15, -0.1) is 0 Å². The Bertz CT molecular complexity index is 856. The van der Waals surface area contributed by atoms with E-state index in [0.29, 0.717) is 36.0 Å². The van der Waals surface area contributed by atoms with Crippen molar-refractivity contribution in [3.8, 4) is 17.6 Å². The van der Waals surface area contributed by atoms with Crippen LogP contribution >= 0.6 is 0 Å². The van der Waals surface area contributed by atoms with E-state index in [-0.39, 0.29) is 4.90 Å². The molecule has 0 radical (unpaired) electrons. The van der Waals surface area contributed by atoms with Crippen molar-refractivity contribution in [2.45, 2.75) is 4.90 Å². The Morgan fingerprint density at radius 2 is 1.82 bits per heavy atom. The summed E-state index contributed by atoms with van der Waals surface area (Å²) >= 11 is 0. The molecule has 6 nitrogen and oxygen atoms in total. The van der Waals surface area contributed by atoms with Crippen LogP contribution in [-0.4, -0.2) is 21.6 Å². The van der Waals surface area contributed by atoms with Gasteiger partial charge in [-0.25, -0.2) is 8.42 Å². The van der Waals surface area contributed by atoms with E-state index in [9.17, 15) is 8.42 Å². The van der Waals surface area contributed by atoms with Crippen molar-refractivity contribution >= 4 is 15.7 Å². The highest BCUT2D eigenvalue weighted by Gasteiger charge is 2.19. The van der Waals surface area contributed by atoms with Crippen LogP contribution in [0.15, 0.2) is 47.4 Å². The van der Waals surface area contributed by atoms with E-state index in [4.69, 9.17) is 14.7 Å². The Hall–Kier alpha value is -2.72. The molecule has 0 spiro atoms. The number of fused-ring (bicyclic) bond motifs is 1. The van der Waals surface area contributed by atoms with Crippen LogP contribution in [0.25, 0.3) is 0 Å². The van der Waals surface area contributed by atoms with Crippen molar-refractivity contribution in [3.63, 3.8) is 0 Å². The molecule has 0 aliphatic carbocycles. The summed E-state index contributed by atoms with van der Waals surface area (Å²) in [7, 11) is -3.77. The third-order valence-electron chi connectivity index (χ3n) is 3.07. The van der Waals surface area contributed by atoms with Crippen LogP contribution in [0, 0.1) is 11.3 Å². The lowest BCUT2D eigenvalue weighted by atomic mass is 10.2. The molecule has 0 atom stereocenters. The van der Waals surface area contributed by atoms with E-state index in [1.807, 2.05) is 6.07 Å². The summed E-state index contributed by atoms with van der Waals surface area (Å²) in [6.45, 7) is 0.826. The number of anilines is 1. The molecule has 0 aromatic heterocycles. The second-order valence-electron chi connectivity index (χ2n) is 4.60. The highest BCUT2D eigenvalue weighted by Crippen LogP contribution is 2.32. The topological polar surface area (TPSA) is 88.4 Å². The third-order valence-corrected chi connectivity index (χ3v) is 4.45. The zero-order valence-electron chi connectivity index (χ0n) is 11.4. The van der Waals surface area contributed by atoms with Crippen molar-refractivity contribution in [3.05, 3.63) is 48.0 Å². The fourth-order valence-corrected chi connectivity index (χ4v) is 3.12. The zero-order chi connectivity index (χ0) is 15.6. The molecular weight excluding hydrogens is 304 g/mol. The molecule has 1 aliphatic rings. The first-order valence-corrected chi connectivity index (χ1v) is 7.99. The third kappa shape index (κ3) is 2.82. The van der Waals surface area contributed by atoms with Crippen molar-refractivity contribution in [1.29, 1.82) is 5.26 Å². The molecule has 2 aromatic rings. The van der Waals surface area contributed by atoms with E-state index >= 15 is 0 Å². The molecule has 0 amide bonds. The van der Waals surface area contributed by atoms with Crippen LogP contribution in [0.5, 0.6) is 11.5 Å². The lowest BCUT2D eigenvalue weighted by molar-refractivity contribution is 0.171. The van der Waals surface area contributed by atoms with Gasteiger partial charge in [0.15, 0.2) is 11.5 Å². The van der Waals surface area contributed by atoms with Gasteiger partial charge in [-0.1, -0.05) is 6.07 Å². The second kappa shape index (κ2) is 5.58. The standard InChI is InChI=1S/C15H12N2O4S/c16-10-11-2-1-3-12(8-11)17-22(18,19)13-4-5-14-15(9-13)21-7-6-20-14/h1-5,8-9,17H,6-7H2. The smallest absolute Gasteiger partial charge is 0.262 e. The van der Waals surface area contributed by atoms with E-state index in [2.05, 4.69) is 4.72 Å². The summed E-state index contributed by atoms with van der Waals surface area (Å²) in [5, 5.41) is 8.85. The van der Waals surface area contributed by atoms with Gasteiger partial charge in [0.25, 0.3) is 10.0 Å². The largest absolute Gasteiger partial charge is 0.486 e. The van der Waals surface area contributed by atoms with Crippen LogP contribution in [-0.2, 0) is 10.0 Å². The fraction of sp³-hybridized carbons (Fsp3) is 0.133. The molecule has 0 bridgehead atoms. The van der Waals surface area contributed by atoms with Gasteiger partial charge in [0, 0.05) is 6.07 Å². The quantitative estimate of drug-likeness (QED) is 0.937. The molecule has 0 fully saturated rings. The Morgan fingerprint density at radius 1 is 1.05 bits per heavy atom. The molecule has 0 unspecified atom stereocenters. The molecule has 0 saturated carbocycles. The monoisotopic (exact) mass is 316 g/mol. The fourth-order valence-electron chi connectivity index (χ4n) is 2.06. The minimum Gasteiger partial charge on any atom is -0.486 e. The Kier molecular flexibility index (Phi) is 3.61. The van der Waals surface area contributed by atoms with Crippen LogP contribution in [0.2, 0.25) is 0 Å². The number of hydrogen-bond acceptors (Lipinski definition) is 5. The lowest BCUT2D eigenvalue weighted by Gasteiger charge is -2.19. The van der Waals surface area contributed by atoms with Crippen LogP contribution in [0.4, 0.5) is 5.69 Å². The molecule has 3 rings (SSSR count). The van der Waals surface area contributed by atoms with E-state index in [1.54, 1.807) is 24.3 Å². The molecule has 112 valence electrons. The first-order chi connectivity index (χ1) is 10.6. The van der Waals surface area contributed by atoms with E-state index in [0.717, 1.165) is 0 Å². The van der Waals surface area contributed by atoms with Gasteiger partial charge in [0.1, 0.15) is 13.2 Å². The van der Waals surface area contributed by atoms with Gasteiger partial charge in [0.2, 0.25) is 0 Å². The van der Waals surface area contributed by atoms with Crippen molar-refractivity contribution < 1.29 is 17.9 Å². The number of nitrogens with zero attached hydrogens (tertiary/aromatic N) is 1. The molecule has 0 saturated heterocycles. The number of hydrogen-bond donors (Lipinski definition) is 1. The van der Waals surface area contributed by atoms with Gasteiger partial charge in [-0.2, -0.15) is 5.26 Å². The van der Waals surface area contributed by atoms with Gasteiger partial charge in [-0.3, -0.25) is 4.72 Å². The number of sulfonamides is 1. The summed E-state index contributed by atoms with van der Waals surface area (Å²) < 4.78 is 38.0. The SMILES string of the molecule is N#Cc1cccc(NS(=O)(=O)c2ccc3c(c2)OCCO3)c1. The number of benzene rings is 2. The van der Waals surface area contributed by atoms with Crippen LogP contribution in [0.1, 0.15) is 5.56 Å². The predicted octanol–water partition coefficient (Wildman–Crippen LogP) is 2.13. The molecule has 22 heavy (non-hydrogen) atoms. The van der Waals surface area contributed by atoms with E-state index < -0.39 is 10.0 Å². The average molecular weight is 316 g/mol. The second-order valence-corrected chi connectivity index (χ2v) is 6.29. The maximum atomic E-state index is 12.4. The van der Waals surface area contributed by atoms with Crippen LogP contribution < -0.4 is 14.2 Å².